The number of nitrogens with zero attached hydrogens (tertiary/aromatic N) is 1. The minimum Gasteiger partial charge on any atom is -0.495 e. The number of sulfonamides is 1. The van der Waals surface area contributed by atoms with Gasteiger partial charge in [-0.15, -0.1) is 0 Å². The monoisotopic (exact) mass is 574 g/mol. The van der Waals surface area contributed by atoms with Crippen molar-refractivity contribution in [1.82, 2.24) is 0 Å². The molecule has 1 N–H and O–H groups in total. The van der Waals surface area contributed by atoms with Crippen molar-refractivity contribution in [3.8, 4) is 11.5 Å². The second-order valence-corrected chi connectivity index (χ2v) is 11.0. The van der Waals surface area contributed by atoms with E-state index < -0.39 is 22.5 Å². The zero-order valence-corrected chi connectivity index (χ0v) is 23.5. The Morgan fingerprint density at radius 1 is 1.03 bits per heavy atom. The van der Waals surface area contributed by atoms with Gasteiger partial charge in [-0.25, -0.2) is 8.42 Å². The Balaban J connectivity index is 2.04. The summed E-state index contributed by atoms with van der Waals surface area (Å²) < 4.78 is 40.7. The minimum absolute atomic E-state index is 0.0132. The normalized spacial score (nSPS) is 11.2. The lowest BCUT2D eigenvalue weighted by Crippen LogP contribution is -2.38. The molecule has 1 amide bonds. The molecule has 0 heterocycles. The number of anilines is 2. The first-order valence-corrected chi connectivity index (χ1v) is 13.8. The zero-order valence-electron chi connectivity index (χ0n) is 21.1. The maximum atomic E-state index is 13.9. The van der Waals surface area contributed by atoms with Crippen LogP contribution in [0, 0.1) is 13.8 Å². The number of carbonyl (C=O) groups is 1. The lowest BCUT2D eigenvalue weighted by molar-refractivity contribution is -0.114. The Hall–Kier alpha value is -3.04. The van der Waals surface area contributed by atoms with Crippen LogP contribution in [0.25, 0.3) is 0 Å². The molecule has 0 aliphatic carbocycles. The minimum atomic E-state index is -4.17. The number of nitrogens with one attached hydrogen (secondary N) is 1. The van der Waals surface area contributed by atoms with Crippen molar-refractivity contribution < 1.29 is 22.7 Å². The smallest absolute Gasteiger partial charge is 0.268 e. The first-order chi connectivity index (χ1) is 17.1. The second-order valence-electron chi connectivity index (χ2n) is 8.25. The van der Waals surface area contributed by atoms with Crippen LogP contribution >= 0.6 is 15.9 Å². The Labute approximate surface area is 221 Å². The molecule has 192 valence electrons. The van der Waals surface area contributed by atoms with Crippen molar-refractivity contribution in [1.29, 1.82) is 0 Å². The van der Waals surface area contributed by atoms with E-state index in [-0.39, 0.29) is 10.6 Å². The van der Waals surface area contributed by atoms with E-state index in [9.17, 15) is 13.2 Å². The van der Waals surface area contributed by atoms with Crippen molar-refractivity contribution in [2.45, 2.75) is 39.0 Å². The van der Waals surface area contributed by atoms with E-state index in [1.54, 1.807) is 49.4 Å². The number of halogens is 1. The molecule has 0 aromatic heterocycles. The third-order valence-corrected chi connectivity index (χ3v) is 7.89. The van der Waals surface area contributed by atoms with Gasteiger partial charge in [-0.3, -0.25) is 9.10 Å². The topological polar surface area (TPSA) is 84.9 Å². The van der Waals surface area contributed by atoms with Gasteiger partial charge < -0.3 is 14.8 Å². The van der Waals surface area contributed by atoms with Gasteiger partial charge in [0, 0.05) is 10.2 Å². The molecule has 0 saturated heterocycles. The van der Waals surface area contributed by atoms with Crippen LogP contribution in [-0.4, -0.2) is 34.6 Å². The highest BCUT2D eigenvalue weighted by atomic mass is 79.9. The molecule has 3 rings (SSSR count). The van der Waals surface area contributed by atoms with Crippen molar-refractivity contribution in [2.75, 3.05) is 29.9 Å². The number of benzene rings is 3. The predicted molar refractivity (Wildman–Crippen MR) is 147 cm³/mol. The molecular weight excluding hydrogens is 544 g/mol. The largest absolute Gasteiger partial charge is 0.495 e. The quantitative estimate of drug-likeness (QED) is 0.327. The summed E-state index contributed by atoms with van der Waals surface area (Å²) in [6.07, 6.45) is 0.706. The summed E-state index contributed by atoms with van der Waals surface area (Å²) in [6, 6.07) is 15.4. The molecule has 0 aliphatic heterocycles. The highest BCUT2D eigenvalue weighted by molar-refractivity contribution is 9.10. The number of carbonyl (C=O) groups excluding carboxylic acids is 1. The zero-order chi connectivity index (χ0) is 26.5. The summed E-state index contributed by atoms with van der Waals surface area (Å²) in [5, 5.41) is 2.93. The molecule has 3 aromatic rings. The fourth-order valence-electron chi connectivity index (χ4n) is 3.87. The number of methoxy groups -OCH3 is 1. The highest BCUT2D eigenvalue weighted by Crippen LogP contribution is 2.32. The summed E-state index contributed by atoms with van der Waals surface area (Å²) in [5.41, 5.74) is 3.60. The fraction of sp³-hybridized carbons (Fsp3) is 0.296. The maximum Gasteiger partial charge on any atom is 0.268 e. The molecule has 3 aromatic carbocycles. The molecule has 0 atom stereocenters. The maximum absolute atomic E-state index is 13.9. The van der Waals surface area contributed by atoms with Gasteiger partial charge in [0.25, 0.3) is 10.0 Å². The molecule has 0 aliphatic rings. The molecular formula is C27H31BrN2O5S. The van der Waals surface area contributed by atoms with Crippen LogP contribution in [0.5, 0.6) is 11.5 Å². The van der Waals surface area contributed by atoms with Crippen LogP contribution in [0.1, 0.15) is 30.5 Å². The van der Waals surface area contributed by atoms with E-state index in [2.05, 4.69) is 21.2 Å². The van der Waals surface area contributed by atoms with Crippen molar-refractivity contribution >= 4 is 43.2 Å². The summed E-state index contributed by atoms with van der Waals surface area (Å²) >= 11 is 3.49. The van der Waals surface area contributed by atoms with Gasteiger partial charge >= 0.3 is 0 Å². The van der Waals surface area contributed by atoms with Crippen LogP contribution in [0.3, 0.4) is 0 Å². The number of rotatable bonds is 10. The van der Waals surface area contributed by atoms with Crippen molar-refractivity contribution in [2.24, 2.45) is 0 Å². The average molecular weight is 576 g/mol. The van der Waals surface area contributed by atoms with Gasteiger partial charge in [-0.05, 0) is 92.4 Å². The summed E-state index contributed by atoms with van der Waals surface area (Å²) in [4.78, 5) is 13.3. The Bertz CT molecular complexity index is 1340. The first-order valence-electron chi connectivity index (χ1n) is 11.6. The Morgan fingerprint density at radius 3 is 2.33 bits per heavy atom. The van der Waals surface area contributed by atoms with Gasteiger partial charge in [0.2, 0.25) is 5.91 Å². The van der Waals surface area contributed by atoms with Gasteiger partial charge in [0.15, 0.2) is 0 Å². The third kappa shape index (κ3) is 6.20. The Kier molecular flexibility index (Phi) is 9.03. The number of amides is 1. The molecule has 0 unspecified atom stereocenters. The molecule has 36 heavy (non-hydrogen) atoms. The van der Waals surface area contributed by atoms with E-state index in [1.807, 2.05) is 32.9 Å². The van der Waals surface area contributed by atoms with Crippen molar-refractivity contribution in [3.05, 3.63) is 75.8 Å². The fourth-order valence-corrected chi connectivity index (χ4v) is 6.16. The third-order valence-electron chi connectivity index (χ3n) is 5.64. The molecule has 0 bridgehead atoms. The van der Waals surface area contributed by atoms with Crippen LogP contribution in [-0.2, 0) is 21.2 Å². The van der Waals surface area contributed by atoms with E-state index in [0.29, 0.717) is 30.2 Å². The molecule has 0 radical (unpaired) electrons. The van der Waals surface area contributed by atoms with Gasteiger partial charge in [-0.1, -0.05) is 28.9 Å². The van der Waals surface area contributed by atoms with Crippen LogP contribution in [0.2, 0.25) is 0 Å². The number of ether oxygens (including phenoxy) is 2. The van der Waals surface area contributed by atoms with E-state index >= 15 is 0 Å². The van der Waals surface area contributed by atoms with Gasteiger partial charge in [0.05, 0.1) is 19.4 Å². The predicted octanol–water partition coefficient (Wildman–Crippen LogP) is 5.87. The lowest BCUT2D eigenvalue weighted by Gasteiger charge is -2.26. The molecule has 7 nitrogen and oxygen atoms in total. The number of hydrogen-bond donors (Lipinski definition) is 1. The van der Waals surface area contributed by atoms with E-state index in [4.69, 9.17) is 9.47 Å². The number of aryl methyl sites for hydroxylation is 3. The molecule has 9 heteroatoms. The van der Waals surface area contributed by atoms with Gasteiger partial charge in [-0.2, -0.15) is 0 Å². The van der Waals surface area contributed by atoms with E-state index in [1.165, 1.54) is 7.11 Å². The first kappa shape index (κ1) is 27.5. The average Bonchev–Trinajstić information content (AvgIpc) is 2.84. The number of hydrogen-bond acceptors (Lipinski definition) is 5. The molecule has 0 fully saturated rings. The summed E-state index contributed by atoms with van der Waals surface area (Å²) in [7, 11) is -2.75. The Morgan fingerprint density at radius 2 is 1.72 bits per heavy atom. The van der Waals surface area contributed by atoms with Crippen LogP contribution in [0.4, 0.5) is 11.4 Å². The highest BCUT2D eigenvalue weighted by Gasteiger charge is 2.30. The molecule has 0 spiro atoms. The summed E-state index contributed by atoms with van der Waals surface area (Å²) in [6.45, 7) is 7.63. The molecule has 0 saturated carbocycles. The lowest BCUT2D eigenvalue weighted by atomic mass is 10.1. The van der Waals surface area contributed by atoms with Crippen molar-refractivity contribution in [3.63, 3.8) is 0 Å². The second kappa shape index (κ2) is 11.8. The standard InChI is InChI=1S/C27H31BrN2O5S/c1-6-20-16-21(28)15-19(4)27(20)29-26(31)17-30(22-9-11-23(12-10-22)35-7-2)36(32,33)25-14-18(3)8-13-24(25)34-5/h8-16H,6-7,17H2,1-5H3,(H,29,31). The summed E-state index contributed by atoms with van der Waals surface area (Å²) in [5.74, 6) is 0.349. The van der Waals surface area contributed by atoms with Crippen LogP contribution in [0.15, 0.2) is 64.0 Å². The van der Waals surface area contributed by atoms with E-state index in [0.717, 1.165) is 25.5 Å². The van der Waals surface area contributed by atoms with Crippen LogP contribution < -0.4 is 19.1 Å². The van der Waals surface area contributed by atoms with Gasteiger partial charge in [0.1, 0.15) is 22.9 Å². The SMILES string of the molecule is CCOc1ccc(N(CC(=O)Nc2c(C)cc(Br)cc2CC)S(=O)(=O)c2cc(C)ccc2OC)cc1.